The molecule has 0 saturated carbocycles. The Balaban J connectivity index is 2.68. The van der Waals surface area contributed by atoms with E-state index in [2.05, 4.69) is 0 Å². The molecule has 1 rings (SSSR count). The van der Waals surface area contributed by atoms with Crippen LogP contribution in [0.5, 0.6) is 0 Å². The van der Waals surface area contributed by atoms with Crippen molar-refractivity contribution < 1.29 is 14.1 Å². The second-order valence-electron chi connectivity index (χ2n) is 2.86. The summed E-state index contributed by atoms with van der Waals surface area (Å²) in [5.41, 5.74) is 0. The molecule has 0 aromatic rings. The molecule has 0 radical (unpaired) electrons. The summed E-state index contributed by atoms with van der Waals surface area (Å²) < 4.78 is 18.3. The van der Waals surface area contributed by atoms with Crippen molar-refractivity contribution in [3.8, 4) is 0 Å². The van der Waals surface area contributed by atoms with E-state index in [0.717, 1.165) is 0 Å². The largest absolute Gasteiger partial charge is 0.481 e. The molecule has 64 valence electrons. The van der Waals surface area contributed by atoms with Gasteiger partial charge in [0.15, 0.2) is 0 Å². The van der Waals surface area contributed by atoms with Gasteiger partial charge in [-0.3, -0.25) is 9.57 Å². The van der Waals surface area contributed by atoms with Crippen LogP contribution in [0.1, 0.15) is 12.8 Å². The highest BCUT2D eigenvalue weighted by Gasteiger charge is 2.27. The zero-order chi connectivity index (χ0) is 8.48. The lowest BCUT2D eigenvalue weighted by atomic mass is 10.1. The number of hydrogen-bond donors (Lipinski definition) is 2. The number of rotatable bonds is 1. The Bertz CT molecular complexity index is 257. The van der Waals surface area contributed by atoms with Crippen LogP contribution in [0.15, 0.2) is 0 Å². The molecular formula is C6H11NO3S. The van der Waals surface area contributed by atoms with Crippen LogP contribution >= 0.6 is 0 Å². The third-order valence-corrected chi connectivity index (χ3v) is 3.74. The van der Waals surface area contributed by atoms with Crippen molar-refractivity contribution in [2.24, 2.45) is 5.92 Å². The molecule has 2 N–H and O–H groups in total. The third kappa shape index (κ3) is 2.18. The molecule has 5 heteroatoms. The average molecular weight is 177 g/mol. The molecule has 0 bridgehead atoms. The zero-order valence-corrected chi connectivity index (χ0v) is 6.89. The van der Waals surface area contributed by atoms with Gasteiger partial charge in [-0.05, 0) is 12.8 Å². The summed E-state index contributed by atoms with van der Waals surface area (Å²) in [6, 6.07) is 0. The Morgan fingerprint density at radius 3 is 2.64 bits per heavy atom. The number of carbonyl (C=O) groups is 1. The fraction of sp³-hybridized carbons (Fsp3) is 0.833. The van der Waals surface area contributed by atoms with Gasteiger partial charge in [0.2, 0.25) is 0 Å². The van der Waals surface area contributed by atoms with E-state index in [-0.39, 0.29) is 5.75 Å². The van der Waals surface area contributed by atoms with Crippen molar-refractivity contribution in [1.82, 2.24) is 0 Å². The van der Waals surface area contributed by atoms with Gasteiger partial charge in [0.1, 0.15) is 0 Å². The van der Waals surface area contributed by atoms with Crippen molar-refractivity contribution in [2.45, 2.75) is 12.8 Å². The number of hydrogen-bond acceptors (Lipinski definition) is 3. The molecule has 0 aromatic carbocycles. The van der Waals surface area contributed by atoms with Gasteiger partial charge in [0, 0.05) is 21.2 Å². The minimum atomic E-state index is -2.56. The van der Waals surface area contributed by atoms with E-state index < -0.39 is 21.6 Å². The van der Waals surface area contributed by atoms with Gasteiger partial charge in [-0.25, -0.2) is 4.21 Å². The summed E-state index contributed by atoms with van der Waals surface area (Å²) in [4.78, 5) is 10.4. The van der Waals surface area contributed by atoms with Crippen LogP contribution in [0.4, 0.5) is 0 Å². The summed E-state index contributed by atoms with van der Waals surface area (Å²) >= 11 is 0. The highest BCUT2D eigenvalue weighted by Crippen LogP contribution is 2.18. The maximum absolute atomic E-state index is 11.1. The summed E-state index contributed by atoms with van der Waals surface area (Å²) in [7, 11) is -2.56. The van der Waals surface area contributed by atoms with Crippen LogP contribution in [-0.2, 0) is 14.5 Å². The topological polar surface area (TPSA) is 78.2 Å². The Morgan fingerprint density at radius 2 is 2.27 bits per heavy atom. The summed E-state index contributed by atoms with van der Waals surface area (Å²) in [5.74, 6) is -1.04. The minimum absolute atomic E-state index is 0.0440. The summed E-state index contributed by atoms with van der Waals surface area (Å²) in [6.45, 7) is 0. The van der Waals surface area contributed by atoms with E-state index in [1.165, 1.54) is 0 Å². The Hall–Kier alpha value is -0.580. The van der Waals surface area contributed by atoms with Crippen LogP contribution in [-0.4, -0.2) is 26.8 Å². The zero-order valence-electron chi connectivity index (χ0n) is 6.08. The molecule has 0 spiro atoms. The molecule has 0 amide bonds. The molecule has 1 saturated heterocycles. The molecule has 4 nitrogen and oxygen atoms in total. The lowest BCUT2D eigenvalue weighted by Crippen LogP contribution is -2.29. The fourth-order valence-electron chi connectivity index (χ4n) is 1.25. The van der Waals surface area contributed by atoms with Crippen molar-refractivity contribution in [3.63, 3.8) is 0 Å². The fourth-order valence-corrected chi connectivity index (χ4v) is 3.01. The predicted molar refractivity (Wildman–Crippen MR) is 41.0 cm³/mol. The summed E-state index contributed by atoms with van der Waals surface area (Å²) in [5, 5.41) is 8.56. The Labute approximate surface area is 65.6 Å². The summed E-state index contributed by atoms with van der Waals surface area (Å²) in [6.07, 6.45) is 1.19. The van der Waals surface area contributed by atoms with Crippen molar-refractivity contribution in [3.05, 3.63) is 0 Å². The van der Waals surface area contributed by atoms with Crippen molar-refractivity contribution in [2.75, 3.05) is 11.5 Å². The molecule has 1 aliphatic rings. The smallest absolute Gasteiger partial charge is 0.307 e. The van der Waals surface area contributed by atoms with Crippen LogP contribution in [0.3, 0.4) is 0 Å². The molecule has 1 heterocycles. The van der Waals surface area contributed by atoms with E-state index in [1.807, 2.05) is 0 Å². The predicted octanol–water partition coefficient (Wildman–Crippen LogP) is 0.528. The number of aliphatic carboxylic acids is 1. The minimum Gasteiger partial charge on any atom is -0.481 e. The quantitative estimate of drug-likeness (QED) is 0.613. The van der Waals surface area contributed by atoms with Gasteiger partial charge in [-0.2, -0.15) is 0 Å². The average Bonchev–Trinajstić information content (AvgIpc) is 1.85. The molecule has 0 aliphatic carbocycles. The normalized spacial score (nSPS) is 38.4. The standard InChI is InChI=1S/C6H11NO3S/c7-11(10)3-1-2-5(4-11)6(8)9/h5,7H,1-4H2,(H,8,9). The van der Waals surface area contributed by atoms with Gasteiger partial charge in [-0.1, -0.05) is 0 Å². The Kier molecular flexibility index (Phi) is 2.17. The first-order chi connectivity index (χ1) is 5.01. The van der Waals surface area contributed by atoms with Gasteiger partial charge in [-0.15, -0.1) is 0 Å². The van der Waals surface area contributed by atoms with Gasteiger partial charge < -0.3 is 5.11 Å². The third-order valence-electron chi connectivity index (χ3n) is 1.85. The SMILES string of the molecule is N=S1(=O)CCCC(C(=O)O)C1. The molecule has 2 atom stereocenters. The van der Waals surface area contributed by atoms with Crippen LogP contribution < -0.4 is 0 Å². The highest BCUT2D eigenvalue weighted by molar-refractivity contribution is 7.92. The molecule has 1 fully saturated rings. The van der Waals surface area contributed by atoms with E-state index in [9.17, 15) is 9.00 Å². The first-order valence-electron chi connectivity index (χ1n) is 3.48. The van der Waals surface area contributed by atoms with Crippen LogP contribution in [0.2, 0.25) is 0 Å². The van der Waals surface area contributed by atoms with Gasteiger partial charge >= 0.3 is 5.97 Å². The lowest BCUT2D eigenvalue weighted by molar-refractivity contribution is -0.141. The van der Waals surface area contributed by atoms with Crippen LogP contribution in [0.25, 0.3) is 0 Å². The second kappa shape index (κ2) is 2.81. The molecule has 11 heavy (non-hydrogen) atoms. The first-order valence-corrected chi connectivity index (χ1v) is 5.38. The van der Waals surface area contributed by atoms with E-state index >= 15 is 0 Å². The molecule has 0 aromatic heterocycles. The van der Waals surface area contributed by atoms with Crippen LogP contribution in [0, 0.1) is 10.7 Å². The second-order valence-corrected chi connectivity index (χ2v) is 5.23. The molecule has 1 aliphatic heterocycles. The maximum atomic E-state index is 11.1. The number of carboxylic acids is 1. The van der Waals surface area contributed by atoms with E-state index in [1.54, 1.807) is 0 Å². The van der Waals surface area contributed by atoms with Gasteiger partial charge in [0.25, 0.3) is 0 Å². The van der Waals surface area contributed by atoms with Crippen molar-refractivity contribution in [1.29, 1.82) is 4.78 Å². The monoisotopic (exact) mass is 177 g/mol. The first kappa shape index (κ1) is 8.52. The maximum Gasteiger partial charge on any atom is 0.307 e. The van der Waals surface area contributed by atoms with E-state index in [0.29, 0.717) is 18.6 Å². The Morgan fingerprint density at radius 1 is 1.64 bits per heavy atom. The molecular weight excluding hydrogens is 166 g/mol. The molecule has 2 unspecified atom stereocenters. The lowest BCUT2D eigenvalue weighted by Gasteiger charge is -2.19. The number of nitrogens with one attached hydrogen (secondary N) is 1. The van der Waals surface area contributed by atoms with E-state index in [4.69, 9.17) is 9.89 Å². The number of carboxylic acid groups (broad SMARTS) is 1. The van der Waals surface area contributed by atoms with Gasteiger partial charge in [0.05, 0.1) is 5.92 Å². The van der Waals surface area contributed by atoms with Crippen molar-refractivity contribution >= 4 is 15.7 Å². The highest BCUT2D eigenvalue weighted by atomic mass is 32.2.